The second-order valence-corrected chi connectivity index (χ2v) is 6.95. The summed E-state index contributed by atoms with van der Waals surface area (Å²) in [5, 5.41) is 9.34. The van der Waals surface area contributed by atoms with Crippen molar-refractivity contribution in [3.63, 3.8) is 0 Å². The number of ether oxygens (including phenoxy) is 3. The van der Waals surface area contributed by atoms with Gasteiger partial charge >= 0.3 is 18.6 Å². The van der Waals surface area contributed by atoms with Crippen molar-refractivity contribution < 1.29 is 42.1 Å². The molecule has 0 aliphatic heterocycles. The van der Waals surface area contributed by atoms with Crippen molar-refractivity contribution in [2.75, 3.05) is 13.2 Å². The molecule has 4 aromatic rings. The number of carbonyl (C=O) groups is 2. The van der Waals surface area contributed by atoms with E-state index in [9.17, 15) is 23.2 Å². The van der Waals surface area contributed by atoms with Crippen LogP contribution in [0.5, 0.6) is 11.5 Å². The maximum atomic E-state index is 13.3. The number of aliphatic carboxylic acids is 1. The Morgan fingerprint density at radius 2 is 1.94 bits per heavy atom. The van der Waals surface area contributed by atoms with Gasteiger partial charge < -0.3 is 28.7 Å². The number of hydrogen-bond acceptors (Lipinski definition) is 7. The quantitative estimate of drug-likeness (QED) is 0.365. The number of benzene rings is 2. The molecule has 11 heteroatoms. The Morgan fingerprint density at radius 1 is 1.18 bits per heavy atom. The van der Waals surface area contributed by atoms with Crippen LogP contribution in [0.3, 0.4) is 0 Å². The SMILES string of the molecule is CCOC(=O)c1c(-c2ccc(OCC(=O)O)cc2OC(F)F)c2oc3ccccc3c2[nH]c1=O. The summed E-state index contributed by atoms with van der Waals surface area (Å²) < 4.78 is 47.1. The van der Waals surface area contributed by atoms with Gasteiger partial charge in [0.05, 0.1) is 17.7 Å². The zero-order chi connectivity index (χ0) is 24.4. The van der Waals surface area contributed by atoms with Gasteiger partial charge in [-0.1, -0.05) is 12.1 Å². The predicted octanol–water partition coefficient (Wildman–Crippen LogP) is 4.18. The lowest BCUT2D eigenvalue weighted by atomic mass is 9.98. The number of aromatic nitrogens is 1. The average Bonchev–Trinajstić information content (AvgIpc) is 3.15. The van der Waals surface area contributed by atoms with Crippen LogP contribution >= 0.6 is 0 Å². The fraction of sp³-hybridized carbons (Fsp3) is 0.174. The third kappa shape index (κ3) is 4.27. The Balaban J connectivity index is 2.05. The number of aromatic amines is 1. The number of H-pyrrole nitrogens is 1. The van der Waals surface area contributed by atoms with Crippen LogP contribution in [0.2, 0.25) is 0 Å². The highest BCUT2D eigenvalue weighted by atomic mass is 19.3. The number of hydrogen-bond donors (Lipinski definition) is 2. The topological polar surface area (TPSA) is 128 Å². The molecule has 0 aliphatic rings. The van der Waals surface area contributed by atoms with Gasteiger partial charge in [0, 0.05) is 17.0 Å². The average molecular weight is 473 g/mol. The minimum atomic E-state index is -3.27. The number of carboxylic acids is 1. The van der Waals surface area contributed by atoms with Crippen LogP contribution in [0.1, 0.15) is 17.3 Å². The number of para-hydroxylation sites is 1. The molecule has 34 heavy (non-hydrogen) atoms. The normalized spacial score (nSPS) is 11.2. The highest BCUT2D eigenvalue weighted by molar-refractivity contribution is 6.12. The van der Waals surface area contributed by atoms with Crippen molar-refractivity contribution in [1.82, 2.24) is 4.98 Å². The lowest BCUT2D eigenvalue weighted by molar-refractivity contribution is -0.139. The van der Waals surface area contributed by atoms with Crippen molar-refractivity contribution in [1.29, 1.82) is 0 Å². The van der Waals surface area contributed by atoms with Gasteiger partial charge in [0.15, 0.2) is 12.2 Å². The molecule has 0 radical (unpaired) electrons. The minimum Gasteiger partial charge on any atom is -0.482 e. The van der Waals surface area contributed by atoms with E-state index >= 15 is 0 Å². The minimum absolute atomic E-state index is 0.0434. The molecule has 9 nitrogen and oxygen atoms in total. The molecule has 2 aromatic heterocycles. The molecule has 2 aromatic carbocycles. The summed E-state index contributed by atoms with van der Waals surface area (Å²) in [6, 6.07) is 10.3. The van der Waals surface area contributed by atoms with Gasteiger partial charge in [-0.05, 0) is 31.2 Å². The fourth-order valence-corrected chi connectivity index (χ4v) is 3.54. The van der Waals surface area contributed by atoms with Crippen molar-refractivity contribution in [3.8, 4) is 22.6 Å². The predicted molar refractivity (Wildman–Crippen MR) is 115 cm³/mol. The number of fused-ring (bicyclic) bond motifs is 3. The summed E-state index contributed by atoms with van der Waals surface area (Å²) in [4.78, 5) is 39.1. The van der Waals surface area contributed by atoms with Crippen molar-refractivity contribution in [3.05, 3.63) is 58.4 Å². The summed E-state index contributed by atoms with van der Waals surface area (Å²) >= 11 is 0. The Morgan fingerprint density at radius 3 is 2.65 bits per heavy atom. The lowest BCUT2D eigenvalue weighted by Crippen LogP contribution is -2.21. The highest BCUT2D eigenvalue weighted by Crippen LogP contribution is 2.41. The van der Waals surface area contributed by atoms with Crippen LogP contribution in [-0.4, -0.2) is 41.9 Å². The molecule has 4 rings (SSSR count). The standard InChI is InChI=1S/C23H17F2NO8/c1-2-31-22(30)18-17(20-19(26-21(18)29)13-5-3-4-6-14(13)33-20)12-8-7-11(32-10-16(27)28)9-15(12)34-23(24)25/h3-9,23H,2,10H2,1H3,(H,26,29)(H,27,28). The smallest absolute Gasteiger partial charge is 0.387 e. The van der Waals surface area contributed by atoms with E-state index in [1.807, 2.05) is 0 Å². The molecule has 0 unspecified atom stereocenters. The summed E-state index contributed by atoms with van der Waals surface area (Å²) in [7, 11) is 0. The summed E-state index contributed by atoms with van der Waals surface area (Å²) in [5.41, 5.74) is -0.809. The highest BCUT2D eigenvalue weighted by Gasteiger charge is 2.28. The first-order valence-corrected chi connectivity index (χ1v) is 9.98. The number of carbonyl (C=O) groups excluding carboxylic acids is 1. The van der Waals surface area contributed by atoms with E-state index in [-0.39, 0.29) is 34.6 Å². The Hall–Kier alpha value is -4.41. The molecule has 176 valence electrons. The summed E-state index contributed by atoms with van der Waals surface area (Å²) in [6.07, 6.45) is 0. The number of carboxylic acid groups (broad SMARTS) is 1. The summed E-state index contributed by atoms with van der Waals surface area (Å²) in [5.74, 6) is -2.81. The molecular formula is C23H17F2NO8. The van der Waals surface area contributed by atoms with Crippen LogP contribution < -0.4 is 15.0 Å². The van der Waals surface area contributed by atoms with Gasteiger partial charge in [-0.3, -0.25) is 4.79 Å². The Labute approximate surface area is 189 Å². The van der Waals surface area contributed by atoms with Gasteiger partial charge in [0.25, 0.3) is 5.56 Å². The number of alkyl halides is 2. The molecule has 0 bridgehead atoms. The van der Waals surface area contributed by atoms with Gasteiger partial charge in [-0.25, -0.2) is 9.59 Å². The first-order chi connectivity index (χ1) is 16.3. The number of nitrogens with one attached hydrogen (secondary N) is 1. The molecule has 2 heterocycles. The first kappa shape index (κ1) is 22.8. The van der Waals surface area contributed by atoms with E-state index in [1.54, 1.807) is 31.2 Å². The Kier molecular flexibility index (Phi) is 6.17. The van der Waals surface area contributed by atoms with Gasteiger partial charge in [0.1, 0.15) is 22.6 Å². The molecule has 0 spiro atoms. The second-order valence-electron chi connectivity index (χ2n) is 6.95. The molecule has 0 saturated heterocycles. The van der Waals surface area contributed by atoms with Crippen LogP contribution in [0.4, 0.5) is 8.78 Å². The number of pyridine rings is 1. The molecule has 2 N–H and O–H groups in total. The third-order valence-corrected chi connectivity index (χ3v) is 4.82. The molecular weight excluding hydrogens is 456 g/mol. The molecule has 0 amide bonds. The second kappa shape index (κ2) is 9.22. The molecule has 0 fully saturated rings. The third-order valence-electron chi connectivity index (χ3n) is 4.82. The van der Waals surface area contributed by atoms with Crippen LogP contribution in [0, 0.1) is 0 Å². The fourth-order valence-electron chi connectivity index (χ4n) is 3.54. The zero-order valence-corrected chi connectivity index (χ0v) is 17.6. The largest absolute Gasteiger partial charge is 0.482 e. The maximum Gasteiger partial charge on any atom is 0.387 e. The number of furan rings is 1. The monoisotopic (exact) mass is 473 g/mol. The zero-order valence-electron chi connectivity index (χ0n) is 17.6. The first-order valence-electron chi connectivity index (χ1n) is 9.98. The molecule has 0 atom stereocenters. The number of halogens is 2. The maximum absolute atomic E-state index is 13.3. The molecule has 0 saturated carbocycles. The number of rotatable bonds is 8. The van der Waals surface area contributed by atoms with E-state index in [0.717, 1.165) is 6.07 Å². The van der Waals surface area contributed by atoms with E-state index in [0.29, 0.717) is 11.0 Å². The Bertz CT molecular complexity index is 1460. The van der Waals surface area contributed by atoms with Gasteiger partial charge in [-0.15, -0.1) is 0 Å². The van der Waals surface area contributed by atoms with E-state index in [1.165, 1.54) is 12.1 Å². The van der Waals surface area contributed by atoms with Gasteiger partial charge in [0.2, 0.25) is 0 Å². The van der Waals surface area contributed by atoms with Crippen molar-refractivity contribution >= 4 is 34.0 Å². The van der Waals surface area contributed by atoms with E-state index in [2.05, 4.69) is 9.72 Å². The lowest BCUT2D eigenvalue weighted by Gasteiger charge is -2.15. The van der Waals surface area contributed by atoms with Gasteiger partial charge in [-0.2, -0.15) is 8.78 Å². The van der Waals surface area contributed by atoms with Crippen molar-refractivity contribution in [2.24, 2.45) is 0 Å². The molecule has 0 aliphatic carbocycles. The van der Waals surface area contributed by atoms with Crippen LogP contribution in [-0.2, 0) is 9.53 Å². The summed E-state index contributed by atoms with van der Waals surface area (Å²) in [6.45, 7) is -2.49. The van der Waals surface area contributed by atoms with Crippen LogP contribution in [0.25, 0.3) is 33.2 Å². The van der Waals surface area contributed by atoms with Crippen molar-refractivity contribution in [2.45, 2.75) is 13.5 Å². The van der Waals surface area contributed by atoms with E-state index in [4.69, 9.17) is 19.0 Å². The van der Waals surface area contributed by atoms with Crippen LogP contribution in [0.15, 0.2) is 51.7 Å². The van der Waals surface area contributed by atoms with E-state index < -0.39 is 42.0 Å². The number of esters is 1.